The van der Waals surface area contributed by atoms with Crippen molar-refractivity contribution < 1.29 is 27.8 Å². The number of methoxy groups -OCH3 is 1. The molecule has 1 atom stereocenters. The smallest absolute Gasteiger partial charge is 0.334 e. The van der Waals surface area contributed by atoms with Gasteiger partial charge in [-0.1, -0.05) is 30.3 Å². The normalized spacial score (nSPS) is 18.7. The highest BCUT2D eigenvalue weighted by Crippen LogP contribution is 2.30. The number of benzene rings is 2. The first-order valence-electron chi connectivity index (χ1n) is 8.91. The van der Waals surface area contributed by atoms with E-state index in [1.807, 2.05) is 30.3 Å². The summed E-state index contributed by atoms with van der Waals surface area (Å²) in [5.74, 6) is -2.41. The van der Waals surface area contributed by atoms with Gasteiger partial charge in [0.25, 0.3) is 0 Å². The van der Waals surface area contributed by atoms with Crippen molar-refractivity contribution >= 4 is 11.9 Å². The maximum absolute atomic E-state index is 14.1. The number of halogens is 2. The number of amides is 1. The van der Waals surface area contributed by atoms with Gasteiger partial charge < -0.3 is 14.4 Å². The van der Waals surface area contributed by atoms with Gasteiger partial charge >= 0.3 is 5.97 Å². The molecule has 2 aromatic rings. The fraction of sp³-hybridized carbons (Fsp3) is 0.333. The Labute approximate surface area is 161 Å². The molecule has 0 spiro atoms. The van der Waals surface area contributed by atoms with Crippen LogP contribution in [-0.4, -0.2) is 42.6 Å². The Morgan fingerprint density at radius 3 is 2.57 bits per heavy atom. The zero-order chi connectivity index (χ0) is 20.1. The van der Waals surface area contributed by atoms with Crippen LogP contribution in [0, 0.1) is 11.6 Å². The first-order valence-corrected chi connectivity index (χ1v) is 8.91. The molecule has 0 bridgehead atoms. The minimum Gasteiger partial charge on any atom is -0.467 e. The molecule has 0 aliphatic carbocycles. The number of hydrogen-bond acceptors (Lipinski definition) is 4. The van der Waals surface area contributed by atoms with E-state index in [1.165, 1.54) is 12.0 Å². The van der Waals surface area contributed by atoms with E-state index in [0.717, 1.165) is 23.8 Å². The monoisotopic (exact) mass is 389 g/mol. The van der Waals surface area contributed by atoms with Gasteiger partial charge in [-0.2, -0.15) is 0 Å². The molecule has 1 fully saturated rings. The van der Waals surface area contributed by atoms with Gasteiger partial charge in [0, 0.05) is 25.1 Å². The van der Waals surface area contributed by atoms with Crippen molar-refractivity contribution in [1.29, 1.82) is 0 Å². The number of rotatable bonds is 6. The minimum atomic E-state index is -1.30. The Kier molecular flexibility index (Phi) is 6.04. The SMILES string of the molecule is COC(=O)[C@@]1(N(Cc2ccccc2)C(=O)Cc2cc(F)ccc2F)CCOC1. The molecule has 1 saturated heterocycles. The zero-order valence-electron chi connectivity index (χ0n) is 15.5. The molecule has 7 heteroatoms. The van der Waals surface area contributed by atoms with Crippen molar-refractivity contribution in [2.75, 3.05) is 20.3 Å². The van der Waals surface area contributed by atoms with E-state index in [9.17, 15) is 18.4 Å². The van der Waals surface area contributed by atoms with Gasteiger partial charge in [0.15, 0.2) is 5.54 Å². The fourth-order valence-corrected chi connectivity index (χ4v) is 3.41. The quantitative estimate of drug-likeness (QED) is 0.713. The van der Waals surface area contributed by atoms with Gasteiger partial charge in [0.1, 0.15) is 11.6 Å². The summed E-state index contributed by atoms with van der Waals surface area (Å²) in [5, 5.41) is 0. The molecule has 28 heavy (non-hydrogen) atoms. The molecule has 0 N–H and O–H groups in total. The number of ether oxygens (including phenoxy) is 2. The molecular formula is C21H21F2NO4. The van der Waals surface area contributed by atoms with Gasteiger partial charge in [-0.3, -0.25) is 4.79 Å². The van der Waals surface area contributed by atoms with Gasteiger partial charge in [0.2, 0.25) is 5.91 Å². The van der Waals surface area contributed by atoms with Crippen molar-refractivity contribution in [3.05, 3.63) is 71.3 Å². The first kappa shape index (κ1) is 19.9. The molecule has 1 heterocycles. The van der Waals surface area contributed by atoms with Gasteiger partial charge in [-0.05, 0) is 23.8 Å². The number of esters is 1. The molecule has 0 saturated carbocycles. The number of nitrogens with zero attached hydrogens (tertiary/aromatic N) is 1. The Bertz CT molecular complexity index is 851. The van der Waals surface area contributed by atoms with Crippen LogP contribution < -0.4 is 0 Å². The minimum absolute atomic E-state index is 0.0100. The molecule has 1 amide bonds. The second-order valence-electron chi connectivity index (χ2n) is 6.70. The second kappa shape index (κ2) is 8.48. The lowest BCUT2D eigenvalue weighted by atomic mass is 9.94. The highest BCUT2D eigenvalue weighted by molar-refractivity contribution is 5.89. The lowest BCUT2D eigenvalue weighted by molar-refractivity contribution is -0.162. The molecule has 1 aliphatic heterocycles. The summed E-state index contributed by atoms with van der Waals surface area (Å²) in [6.45, 7) is 0.404. The number of carbonyl (C=O) groups is 2. The van der Waals surface area contributed by atoms with Crippen LogP contribution in [0.5, 0.6) is 0 Å². The van der Waals surface area contributed by atoms with Crippen molar-refractivity contribution in [3.63, 3.8) is 0 Å². The van der Waals surface area contributed by atoms with Crippen molar-refractivity contribution in [2.45, 2.75) is 24.9 Å². The average molecular weight is 389 g/mol. The third kappa shape index (κ3) is 4.04. The summed E-state index contributed by atoms with van der Waals surface area (Å²) in [4.78, 5) is 27.1. The Morgan fingerprint density at radius 2 is 1.93 bits per heavy atom. The Balaban J connectivity index is 1.96. The molecule has 0 unspecified atom stereocenters. The molecular weight excluding hydrogens is 368 g/mol. The molecule has 2 aromatic carbocycles. The molecule has 1 aliphatic rings. The molecule has 0 aromatic heterocycles. The molecule has 3 rings (SSSR count). The van der Waals surface area contributed by atoms with E-state index < -0.39 is 29.0 Å². The van der Waals surface area contributed by atoms with E-state index in [0.29, 0.717) is 6.61 Å². The lowest BCUT2D eigenvalue weighted by Crippen LogP contribution is -2.58. The standard InChI is InChI=1S/C21H21F2NO4/c1-27-20(26)21(9-10-28-14-21)24(13-15-5-3-2-4-6-15)19(25)12-16-11-17(22)7-8-18(16)23/h2-8,11H,9-10,12-14H2,1H3/t21-/m1/s1. The van der Waals surface area contributed by atoms with Crippen LogP contribution in [0.3, 0.4) is 0 Å². The largest absolute Gasteiger partial charge is 0.467 e. The maximum atomic E-state index is 14.1. The van der Waals surface area contributed by atoms with Crippen LogP contribution in [0.4, 0.5) is 8.78 Å². The summed E-state index contributed by atoms with van der Waals surface area (Å²) in [6.07, 6.45) is -0.112. The highest BCUT2D eigenvalue weighted by atomic mass is 19.1. The number of carbonyl (C=O) groups excluding carboxylic acids is 2. The van der Waals surface area contributed by atoms with Crippen molar-refractivity contribution in [2.24, 2.45) is 0 Å². The van der Waals surface area contributed by atoms with E-state index in [2.05, 4.69) is 0 Å². The number of hydrogen-bond donors (Lipinski definition) is 0. The summed E-state index contributed by atoms with van der Waals surface area (Å²) < 4.78 is 38.0. The van der Waals surface area contributed by atoms with E-state index in [-0.39, 0.29) is 31.6 Å². The van der Waals surface area contributed by atoms with Crippen molar-refractivity contribution in [1.82, 2.24) is 4.90 Å². The predicted molar refractivity (Wildman–Crippen MR) is 97.2 cm³/mol. The summed E-state index contributed by atoms with van der Waals surface area (Å²) >= 11 is 0. The lowest BCUT2D eigenvalue weighted by Gasteiger charge is -2.38. The average Bonchev–Trinajstić information content (AvgIpc) is 3.20. The van der Waals surface area contributed by atoms with Gasteiger partial charge in [-0.25, -0.2) is 13.6 Å². The second-order valence-corrected chi connectivity index (χ2v) is 6.70. The topological polar surface area (TPSA) is 55.8 Å². The Hall–Kier alpha value is -2.80. The maximum Gasteiger partial charge on any atom is 0.334 e. The molecule has 0 radical (unpaired) electrons. The first-order chi connectivity index (χ1) is 13.5. The third-order valence-electron chi connectivity index (χ3n) is 4.92. The third-order valence-corrected chi connectivity index (χ3v) is 4.92. The predicted octanol–water partition coefficient (Wildman–Crippen LogP) is 2.87. The van der Waals surface area contributed by atoms with E-state index in [1.54, 1.807) is 0 Å². The molecule has 148 valence electrons. The van der Waals surface area contributed by atoms with Crippen molar-refractivity contribution in [3.8, 4) is 0 Å². The van der Waals surface area contributed by atoms with Crippen LogP contribution >= 0.6 is 0 Å². The van der Waals surface area contributed by atoms with E-state index >= 15 is 0 Å². The summed E-state index contributed by atoms with van der Waals surface area (Å²) in [5.41, 5.74) is -0.571. The van der Waals surface area contributed by atoms with Gasteiger partial charge in [-0.15, -0.1) is 0 Å². The summed E-state index contributed by atoms with van der Waals surface area (Å²) in [7, 11) is 1.25. The Morgan fingerprint density at radius 1 is 1.18 bits per heavy atom. The fourth-order valence-electron chi connectivity index (χ4n) is 3.41. The highest BCUT2D eigenvalue weighted by Gasteiger charge is 2.50. The van der Waals surface area contributed by atoms with Gasteiger partial charge in [0.05, 0.1) is 20.1 Å². The molecule has 5 nitrogen and oxygen atoms in total. The van der Waals surface area contributed by atoms with Crippen LogP contribution in [0.2, 0.25) is 0 Å². The zero-order valence-corrected chi connectivity index (χ0v) is 15.5. The van der Waals surface area contributed by atoms with Crippen LogP contribution in [0.1, 0.15) is 17.5 Å². The van der Waals surface area contributed by atoms with E-state index in [4.69, 9.17) is 9.47 Å². The van der Waals surface area contributed by atoms with Crippen LogP contribution in [-0.2, 0) is 32.0 Å². The van der Waals surface area contributed by atoms with Crippen LogP contribution in [0.25, 0.3) is 0 Å². The summed E-state index contributed by atoms with van der Waals surface area (Å²) in [6, 6.07) is 12.1. The van der Waals surface area contributed by atoms with Crippen LogP contribution in [0.15, 0.2) is 48.5 Å².